The Bertz CT molecular complexity index is 1420. The molecule has 238 valence electrons. The molecule has 2 fully saturated rings. The predicted molar refractivity (Wildman–Crippen MR) is 177 cm³/mol. The molecule has 7 nitrogen and oxygen atoms in total. The maximum absolute atomic E-state index is 11.9. The summed E-state index contributed by atoms with van der Waals surface area (Å²) >= 11 is 0. The number of alkyl carbamates (subject to hydrolysis) is 1. The molecule has 0 bridgehead atoms. The lowest BCUT2D eigenvalue weighted by Crippen LogP contribution is -2.47. The van der Waals surface area contributed by atoms with E-state index in [0.717, 1.165) is 46.5 Å². The van der Waals surface area contributed by atoms with Gasteiger partial charge in [-0.05, 0) is 52.8 Å². The summed E-state index contributed by atoms with van der Waals surface area (Å²) in [5.41, 5.74) is 5.95. The van der Waals surface area contributed by atoms with Crippen LogP contribution < -0.4 is 5.32 Å². The Labute approximate surface area is 267 Å². The highest BCUT2D eigenvalue weighted by Gasteiger charge is 2.40. The summed E-state index contributed by atoms with van der Waals surface area (Å²) in [6.45, 7) is 12.0. The van der Waals surface area contributed by atoms with Crippen molar-refractivity contribution in [3.8, 4) is 11.1 Å². The van der Waals surface area contributed by atoms with E-state index < -0.39 is 12.4 Å². The predicted octanol–water partition coefficient (Wildman–Crippen LogP) is 7.48. The Kier molecular flexibility index (Phi) is 11.6. The fourth-order valence-electron chi connectivity index (χ4n) is 6.45. The van der Waals surface area contributed by atoms with Crippen molar-refractivity contribution in [2.24, 2.45) is 5.92 Å². The van der Waals surface area contributed by atoms with Gasteiger partial charge in [0.2, 0.25) is 0 Å². The van der Waals surface area contributed by atoms with Gasteiger partial charge in [-0.2, -0.15) is 0 Å². The molecule has 7 heteroatoms. The first-order chi connectivity index (χ1) is 22.0. The van der Waals surface area contributed by atoms with E-state index in [2.05, 4.69) is 72.8 Å². The van der Waals surface area contributed by atoms with Crippen LogP contribution in [-0.4, -0.2) is 47.9 Å². The topological polar surface area (TPSA) is 80.3 Å². The van der Waals surface area contributed by atoms with Crippen molar-refractivity contribution in [2.75, 3.05) is 19.7 Å². The third-order valence-corrected chi connectivity index (χ3v) is 8.93. The van der Waals surface area contributed by atoms with E-state index in [9.17, 15) is 9.90 Å². The molecule has 45 heavy (non-hydrogen) atoms. The monoisotopic (exact) mass is 610 g/mol. The van der Waals surface area contributed by atoms with Crippen LogP contribution in [0.15, 0.2) is 98.1 Å². The molecule has 1 saturated heterocycles. The van der Waals surface area contributed by atoms with Gasteiger partial charge >= 0.3 is 6.09 Å². The first kappa shape index (κ1) is 32.6. The van der Waals surface area contributed by atoms with Gasteiger partial charge in [0.15, 0.2) is 6.29 Å². The molecule has 1 aliphatic heterocycles. The van der Waals surface area contributed by atoms with Gasteiger partial charge in [0.25, 0.3) is 0 Å². The van der Waals surface area contributed by atoms with Crippen molar-refractivity contribution in [3.63, 3.8) is 0 Å². The summed E-state index contributed by atoms with van der Waals surface area (Å²) in [6, 6.07) is 25.0. The quantitative estimate of drug-likeness (QED) is 0.195. The van der Waals surface area contributed by atoms with Crippen LogP contribution in [0.1, 0.15) is 67.3 Å². The maximum Gasteiger partial charge on any atom is 0.407 e. The van der Waals surface area contributed by atoms with Crippen LogP contribution in [0.5, 0.6) is 0 Å². The van der Waals surface area contributed by atoms with Gasteiger partial charge in [-0.15, -0.1) is 6.58 Å². The smallest absolute Gasteiger partial charge is 0.407 e. The van der Waals surface area contributed by atoms with E-state index in [4.69, 9.17) is 14.2 Å². The minimum atomic E-state index is -0.549. The Morgan fingerprint density at radius 3 is 2.40 bits per heavy atom. The number of rotatable bonds is 13. The summed E-state index contributed by atoms with van der Waals surface area (Å²) in [6.07, 6.45) is 7.27. The van der Waals surface area contributed by atoms with Gasteiger partial charge in [-0.1, -0.05) is 99.2 Å². The Morgan fingerprint density at radius 1 is 0.956 bits per heavy atom. The van der Waals surface area contributed by atoms with Crippen molar-refractivity contribution < 1.29 is 24.1 Å². The van der Waals surface area contributed by atoms with Crippen LogP contribution in [0.25, 0.3) is 11.1 Å². The fourth-order valence-corrected chi connectivity index (χ4v) is 6.45. The van der Waals surface area contributed by atoms with Gasteiger partial charge in [0, 0.05) is 37.2 Å². The van der Waals surface area contributed by atoms with Crippen molar-refractivity contribution in [1.82, 2.24) is 10.2 Å². The molecular formula is C38H46N2O5. The lowest BCUT2D eigenvalue weighted by molar-refractivity contribution is -0.276. The zero-order valence-corrected chi connectivity index (χ0v) is 26.3. The molecule has 1 aliphatic carbocycles. The first-order valence-corrected chi connectivity index (χ1v) is 16.1. The zero-order valence-electron chi connectivity index (χ0n) is 26.3. The van der Waals surface area contributed by atoms with Gasteiger partial charge in [-0.25, -0.2) is 4.79 Å². The summed E-state index contributed by atoms with van der Waals surface area (Å²) in [5, 5.41) is 12.4. The Balaban J connectivity index is 1.39. The number of carbonyl (C=O) groups is 1. The first-order valence-electron chi connectivity index (χ1n) is 16.1. The maximum atomic E-state index is 11.9. The molecule has 1 saturated carbocycles. The van der Waals surface area contributed by atoms with Gasteiger partial charge in [0.05, 0.1) is 18.8 Å². The molecular weight excluding hydrogens is 564 g/mol. The number of carbonyl (C=O) groups excluding carboxylic acids is 1. The summed E-state index contributed by atoms with van der Waals surface area (Å²) in [5.74, 6) is 0.112. The average Bonchev–Trinajstić information content (AvgIpc) is 3.62. The third kappa shape index (κ3) is 8.50. The van der Waals surface area contributed by atoms with E-state index in [1.165, 1.54) is 31.8 Å². The zero-order chi connectivity index (χ0) is 31.6. The molecule has 4 atom stereocenters. The van der Waals surface area contributed by atoms with E-state index in [1.54, 1.807) is 0 Å². The van der Waals surface area contributed by atoms with Crippen LogP contribution >= 0.6 is 0 Å². The highest BCUT2D eigenvalue weighted by Crippen LogP contribution is 2.43. The lowest BCUT2D eigenvalue weighted by atomic mass is 9.89. The number of aliphatic hydroxyl groups excluding tert-OH is 1. The third-order valence-electron chi connectivity index (χ3n) is 8.93. The lowest BCUT2D eigenvalue weighted by Gasteiger charge is -2.43. The standard InChI is InChI=1S/C38H46N2O5/c1-4-20-40(34-14-6-7-15-34)25-35-27(3)36(30-18-16-28(26-41)17-19-30)45-37(44-35)33-13-9-12-32(23-33)31-11-8-10-29(22-31)24-39-38(42)43-21-5-2/h4-5,8-13,16-19,22-23,27,34-37,41H,1-2,6-7,14-15,20-21,24-26H2,3H3,(H,39,42)/t27-,35+,36+,37+/m1/s1. The van der Waals surface area contributed by atoms with Gasteiger partial charge < -0.3 is 24.6 Å². The minimum Gasteiger partial charge on any atom is -0.445 e. The second-order valence-corrected chi connectivity index (χ2v) is 12.1. The highest BCUT2D eigenvalue weighted by molar-refractivity contribution is 5.68. The van der Waals surface area contributed by atoms with Crippen LogP contribution in [0.2, 0.25) is 0 Å². The number of hydrogen-bond acceptors (Lipinski definition) is 6. The SMILES string of the molecule is C=CCOC(=O)NCc1cccc(-c2cccc([C@H]3O[C@@H](CN(CC=C)C4CCCC4)[C@@H](C)[C@@H](c4ccc(CO)cc4)O3)c2)c1. The minimum absolute atomic E-state index is 0.0110. The van der Waals surface area contributed by atoms with E-state index in [-0.39, 0.29) is 31.3 Å². The van der Waals surface area contributed by atoms with E-state index >= 15 is 0 Å². The van der Waals surface area contributed by atoms with E-state index in [1.807, 2.05) is 36.4 Å². The number of ether oxygens (including phenoxy) is 3. The largest absolute Gasteiger partial charge is 0.445 e. The summed E-state index contributed by atoms with van der Waals surface area (Å²) < 4.78 is 18.6. The van der Waals surface area contributed by atoms with Gasteiger partial charge in [-0.3, -0.25) is 4.90 Å². The number of nitrogens with zero attached hydrogens (tertiary/aromatic N) is 1. The van der Waals surface area contributed by atoms with Crippen LogP contribution in [0.3, 0.4) is 0 Å². The Morgan fingerprint density at radius 2 is 1.69 bits per heavy atom. The highest BCUT2D eigenvalue weighted by atomic mass is 16.7. The molecule has 1 amide bonds. The second-order valence-electron chi connectivity index (χ2n) is 12.1. The normalized spacial score (nSPS) is 21.8. The van der Waals surface area contributed by atoms with Crippen molar-refractivity contribution in [3.05, 3.63) is 120 Å². The average molecular weight is 611 g/mol. The molecule has 2 aliphatic rings. The Hall–Kier alpha value is -3.75. The molecule has 2 N–H and O–H groups in total. The van der Waals surface area contributed by atoms with Crippen molar-refractivity contribution >= 4 is 6.09 Å². The molecule has 5 rings (SSSR count). The van der Waals surface area contributed by atoms with Crippen LogP contribution in [-0.2, 0) is 27.4 Å². The molecule has 0 radical (unpaired) electrons. The van der Waals surface area contributed by atoms with Crippen molar-refractivity contribution in [2.45, 2.75) is 70.3 Å². The number of amides is 1. The number of hydrogen-bond donors (Lipinski definition) is 2. The number of aliphatic hydroxyl groups is 1. The van der Waals surface area contributed by atoms with Crippen LogP contribution in [0, 0.1) is 5.92 Å². The molecule has 0 unspecified atom stereocenters. The molecule has 3 aromatic rings. The molecule has 3 aromatic carbocycles. The van der Waals surface area contributed by atoms with E-state index in [0.29, 0.717) is 12.6 Å². The number of benzene rings is 3. The van der Waals surface area contributed by atoms with Gasteiger partial charge in [0.1, 0.15) is 6.61 Å². The summed E-state index contributed by atoms with van der Waals surface area (Å²) in [4.78, 5) is 14.5. The molecule has 0 aromatic heterocycles. The number of nitrogens with one attached hydrogen (secondary N) is 1. The van der Waals surface area contributed by atoms with Crippen molar-refractivity contribution in [1.29, 1.82) is 0 Å². The fraction of sp³-hybridized carbons (Fsp3) is 0.395. The molecule has 1 heterocycles. The van der Waals surface area contributed by atoms with Crippen LogP contribution in [0.4, 0.5) is 4.79 Å². The molecule has 0 spiro atoms. The summed E-state index contributed by atoms with van der Waals surface area (Å²) in [7, 11) is 0. The second kappa shape index (κ2) is 16.0.